The van der Waals surface area contributed by atoms with Crippen LogP contribution in [0.25, 0.3) is 0 Å². The molecular formula is C24H46N4. The van der Waals surface area contributed by atoms with E-state index in [0.29, 0.717) is 16.5 Å². The van der Waals surface area contributed by atoms with Gasteiger partial charge in [0.2, 0.25) is 0 Å². The van der Waals surface area contributed by atoms with E-state index >= 15 is 0 Å². The molecule has 0 unspecified atom stereocenters. The van der Waals surface area contributed by atoms with Gasteiger partial charge in [0.05, 0.1) is 0 Å². The maximum absolute atomic E-state index is 2.81. The number of rotatable bonds is 3. The van der Waals surface area contributed by atoms with Crippen LogP contribution < -0.4 is 0 Å². The first-order valence-electron chi connectivity index (χ1n) is 12.0. The maximum Gasteiger partial charge on any atom is 0.0126 e. The number of piperazine rings is 1. The molecule has 4 heteroatoms. The summed E-state index contributed by atoms with van der Waals surface area (Å²) in [5.41, 5.74) is 1.41. The van der Waals surface area contributed by atoms with Crippen molar-refractivity contribution < 1.29 is 0 Å². The molecule has 4 fully saturated rings. The Balaban J connectivity index is 1.14. The summed E-state index contributed by atoms with van der Waals surface area (Å²) in [6.07, 6.45) is 5.89. The normalized spacial score (nSPS) is 29.8. The largest absolute Gasteiger partial charge is 0.303 e. The molecule has 0 aromatic carbocycles. The third-order valence-corrected chi connectivity index (χ3v) is 8.46. The molecule has 3 heterocycles. The molecule has 0 N–H and O–H groups in total. The van der Waals surface area contributed by atoms with Crippen molar-refractivity contribution in [3.05, 3.63) is 0 Å². The Kier molecular flexibility index (Phi) is 5.66. The maximum atomic E-state index is 2.81. The van der Waals surface area contributed by atoms with Gasteiger partial charge in [0.1, 0.15) is 0 Å². The zero-order valence-electron chi connectivity index (χ0n) is 19.6. The van der Waals surface area contributed by atoms with Gasteiger partial charge in [0, 0.05) is 62.9 Å². The molecule has 3 aliphatic heterocycles. The second-order valence-electron chi connectivity index (χ2n) is 12.5. The van der Waals surface area contributed by atoms with Crippen molar-refractivity contribution in [1.29, 1.82) is 0 Å². The van der Waals surface area contributed by atoms with Crippen molar-refractivity contribution in [1.82, 2.24) is 19.6 Å². The lowest BCUT2D eigenvalue weighted by Crippen LogP contribution is -2.62. The predicted octanol–water partition coefficient (Wildman–Crippen LogP) is 3.38. The van der Waals surface area contributed by atoms with Crippen molar-refractivity contribution in [3.63, 3.8) is 0 Å². The molecule has 1 spiro atoms. The summed E-state index contributed by atoms with van der Waals surface area (Å²) in [5, 5.41) is 0. The standard InChI is InChI=1S/C24H46N4/c1-22(2,3)27-13-11-26(12-14-27)21-15-24(16-21)7-9-25(10-8-24)17-20-18-28(19-20)23(4,5)6/h20-21H,7-19H2,1-6H3. The monoisotopic (exact) mass is 390 g/mol. The van der Waals surface area contributed by atoms with E-state index in [2.05, 4.69) is 61.1 Å². The van der Waals surface area contributed by atoms with E-state index in [9.17, 15) is 0 Å². The van der Waals surface area contributed by atoms with E-state index in [1.807, 2.05) is 0 Å². The summed E-state index contributed by atoms with van der Waals surface area (Å²) in [5.74, 6) is 0.918. The fourth-order valence-electron chi connectivity index (χ4n) is 6.17. The zero-order chi connectivity index (χ0) is 20.2. The first-order valence-corrected chi connectivity index (χ1v) is 12.0. The Morgan fingerprint density at radius 2 is 1.25 bits per heavy atom. The molecular weight excluding hydrogens is 344 g/mol. The highest BCUT2D eigenvalue weighted by atomic mass is 15.3. The first-order chi connectivity index (χ1) is 13.0. The van der Waals surface area contributed by atoms with Crippen molar-refractivity contribution in [2.45, 2.75) is 84.3 Å². The number of hydrogen-bond acceptors (Lipinski definition) is 4. The molecule has 4 rings (SSSR count). The average molecular weight is 391 g/mol. The second-order valence-corrected chi connectivity index (χ2v) is 12.5. The van der Waals surface area contributed by atoms with Gasteiger partial charge >= 0.3 is 0 Å². The highest BCUT2D eigenvalue weighted by Gasteiger charge is 2.48. The Hall–Kier alpha value is -0.160. The zero-order valence-corrected chi connectivity index (χ0v) is 19.6. The lowest BCUT2D eigenvalue weighted by atomic mass is 9.60. The Morgan fingerprint density at radius 1 is 0.714 bits per heavy atom. The third kappa shape index (κ3) is 4.45. The summed E-state index contributed by atoms with van der Waals surface area (Å²) in [7, 11) is 0. The van der Waals surface area contributed by atoms with Gasteiger partial charge in [-0.2, -0.15) is 0 Å². The van der Waals surface area contributed by atoms with Gasteiger partial charge < -0.3 is 4.90 Å². The van der Waals surface area contributed by atoms with Crippen LogP contribution >= 0.6 is 0 Å². The molecule has 4 nitrogen and oxygen atoms in total. The lowest BCUT2D eigenvalue weighted by Gasteiger charge is -2.57. The SMILES string of the molecule is CC(C)(C)N1CCN(C2CC3(CCN(CC4CN(C(C)(C)C)C4)CC3)C2)CC1. The van der Waals surface area contributed by atoms with Gasteiger partial charge in [-0.05, 0) is 91.6 Å². The van der Waals surface area contributed by atoms with E-state index in [4.69, 9.17) is 0 Å². The van der Waals surface area contributed by atoms with Crippen molar-refractivity contribution in [2.24, 2.45) is 11.3 Å². The van der Waals surface area contributed by atoms with E-state index < -0.39 is 0 Å². The summed E-state index contributed by atoms with van der Waals surface area (Å²) in [4.78, 5) is 10.9. The van der Waals surface area contributed by atoms with Gasteiger partial charge in [0.15, 0.2) is 0 Å². The molecule has 3 saturated heterocycles. The second kappa shape index (κ2) is 7.51. The van der Waals surface area contributed by atoms with Crippen LogP contribution in [0.15, 0.2) is 0 Å². The first kappa shape index (κ1) is 21.1. The van der Waals surface area contributed by atoms with Gasteiger partial charge in [-0.25, -0.2) is 0 Å². The Morgan fingerprint density at radius 3 is 1.75 bits per heavy atom. The quantitative estimate of drug-likeness (QED) is 0.732. The minimum atomic E-state index is 0.337. The third-order valence-electron chi connectivity index (χ3n) is 8.46. The van der Waals surface area contributed by atoms with Crippen LogP contribution in [-0.4, -0.2) is 95.6 Å². The molecule has 0 atom stereocenters. The highest BCUT2D eigenvalue weighted by molar-refractivity contribution is 5.02. The van der Waals surface area contributed by atoms with Crippen LogP contribution in [0.2, 0.25) is 0 Å². The van der Waals surface area contributed by atoms with Gasteiger partial charge in [0.25, 0.3) is 0 Å². The van der Waals surface area contributed by atoms with Crippen LogP contribution in [-0.2, 0) is 0 Å². The van der Waals surface area contributed by atoms with Crippen molar-refractivity contribution in [2.75, 3.05) is 58.9 Å². The molecule has 4 aliphatic rings. The Bertz CT molecular complexity index is 516. The molecule has 0 aromatic heterocycles. The fourth-order valence-corrected chi connectivity index (χ4v) is 6.17. The predicted molar refractivity (Wildman–Crippen MR) is 119 cm³/mol. The molecule has 28 heavy (non-hydrogen) atoms. The van der Waals surface area contributed by atoms with Crippen molar-refractivity contribution >= 4 is 0 Å². The molecule has 1 saturated carbocycles. The number of likely N-dealkylation sites (tertiary alicyclic amines) is 2. The number of hydrogen-bond donors (Lipinski definition) is 0. The topological polar surface area (TPSA) is 13.0 Å². The van der Waals surface area contributed by atoms with E-state index in [1.165, 1.54) is 84.6 Å². The molecule has 1 aliphatic carbocycles. The van der Waals surface area contributed by atoms with Crippen LogP contribution in [0.1, 0.15) is 67.2 Å². The van der Waals surface area contributed by atoms with Crippen LogP contribution in [0.3, 0.4) is 0 Å². The van der Waals surface area contributed by atoms with Gasteiger partial charge in [-0.15, -0.1) is 0 Å². The van der Waals surface area contributed by atoms with Crippen LogP contribution in [0, 0.1) is 11.3 Å². The smallest absolute Gasteiger partial charge is 0.0126 e. The minimum absolute atomic E-state index is 0.337. The van der Waals surface area contributed by atoms with E-state index in [1.54, 1.807) is 0 Å². The summed E-state index contributed by atoms with van der Waals surface area (Å²) in [6.45, 7) is 25.9. The van der Waals surface area contributed by atoms with Crippen LogP contribution in [0.4, 0.5) is 0 Å². The molecule has 0 aromatic rings. The average Bonchev–Trinajstić information content (AvgIpc) is 2.54. The highest BCUT2D eigenvalue weighted by Crippen LogP contribution is 2.51. The molecule has 0 radical (unpaired) electrons. The molecule has 162 valence electrons. The summed E-state index contributed by atoms with van der Waals surface area (Å²) >= 11 is 0. The van der Waals surface area contributed by atoms with E-state index in [0.717, 1.165) is 12.0 Å². The minimum Gasteiger partial charge on any atom is -0.303 e. The van der Waals surface area contributed by atoms with Crippen LogP contribution in [0.5, 0.6) is 0 Å². The lowest BCUT2D eigenvalue weighted by molar-refractivity contribution is -0.0699. The molecule has 0 amide bonds. The summed E-state index contributed by atoms with van der Waals surface area (Å²) < 4.78 is 0. The fraction of sp³-hybridized carbons (Fsp3) is 1.00. The number of piperidine rings is 1. The van der Waals surface area contributed by atoms with Gasteiger partial charge in [-0.1, -0.05) is 0 Å². The number of nitrogens with zero attached hydrogens (tertiary/aromatic N) is 4. The molecule has 0 bridgehead atoms. The van der Waals surface area contributed by atoms with Gasteiger partial charge in [-0.3, -0.25) is 14.7 Å². The van der Waals surface area contributed by atoms with Crippen molar-refractivity contribution in [3.8, 4) is 0 Å². The van der Waals surface area contributed by atoms with E-state index in [-0.39, 0.29) is 0 Å². The Labute approximate surface area is 174 Å². The summed E-state index contributed by atoms with van der Waals surface area (Å²) in [6, 6.07) is 0.889.